The van der Waals surface area contributed by atoms with Gasteiger partial charge in [-0.25, -0.2) is 4.68 Å². The van der Waals surface area contributed by atoms with Crippen molar-refractivity contribution in [3.63, 3.8) is 0 Å². The number of nitrogens with one attached hydrogen (secondary N) is 1. The number of piperidine rings is 1. The molecule has 1 aliphatic rings. The van der Waals surface area contributed by atoms with E-state index in [1.807, 2.05) is 31.2 Å². The van der Waals surface area contributed by atoms with E-state index in [2.05, 4.69) is 51.7 Å². The number of aromatic nitrogens is 3. The second-order valence-electron chi connectivity index (χ2n) is 8.15. The minimum absolute atomic E-state index is 0.155. The van der Waals surface area contributed by atoms with Crippen molar-refractivity contribution < 1.29 is 9.53 Å². The molecule has 1 fully saturated rings. The molecule has 0 spiro atoms. The normalized spacial score (nSPS) is 15.1. The first-order valence-electron chi connectivity index (χ1n) is 10.7. The van der Waals surface area contributed by atoms with Crippen LogP contribution in [0.25, 0.3) is 5.69 Å². The molecular weight excluding hydrogens is 390 g/mol. The van der Waals surface area contributed by atoms with Crippen LogP contribution in [0.15, 0.2) is 48.5 Å². The maximum atomic E-state index is 12.8. The van der Waals surface area contributed by atoms with E-state index in [4.69, 9.17) is 4.74 Å². The highest BCUT2D eigenvalue weighted by Gasteiger charge is 2.24. The average Bonchev–Trinajstić information content (AvgIpc) is 3.16. The summed E-state index contributed by atoms with van der Waals surface area (Å²) in [6.45, 7) is 6.87. The summed E-state index contributed by atoms with van der Waals surface area (Å²) < 4.78 is 6.95. The second-order valence-corrected chi connectivity index (χ2v) is 8.15. The van der Waals surface area contributed by atoms with Gasteiger partial charge in [0.1, 0.15) is 5.75 Å². The third-order valence-electron chi connectivity index (χ3n) is 5.82. The van der Waals surface area contributed by atoms with Crippen LogP contribution in [0.1, 0.15) is 40.2 Å². The Balaban J connectivity index is 1.35. The van der Waals surface area contributed by atoms with Crippen LogP contribution < -0.4 is 10.1 Å². The van der Waals surface area contributed by atoms with Gasteiger partial charge in [-0.05, 0) is 44.4 Å². The minimum atomic E-state index is -0.163. The van der Waals surface area contributed by atoms with Crippen LogP contribution in [0, 0.1) is 13.8 Å². The molecule has 4 rings (SSSR count). The third kappa shape index (κ3) is 4.94. The molecule has 0 unspecified atom stereocenters. The number of hydrogen-bond donors (Lipinski definition) is 1. The second kappa shape index (κ2) is 9.31. The van der Waals surface area contributed by atoms with E-state index in [1.165, 1.54) is 11.1 Å². The monoisotopic (exact) mass is 419 g/mol. The van der Waals surface area contributed by atoms with Crippen molar-refractivity contribution >= 4 is 5.91 Å². The molecule has 162 valence electrons. The Kier molecular flexibility index (Phi) is 6.32. The quantitative estimate of drug-likeness (QED) is 0.664. The van der Waals surface area contributed by atoms with Crippen molar-refractivity contribution in [1.29, 1.82) is 0 Å². The maximum absolute atomic E-state index is 12.8. The lowest BCUT2D eigenvalue weighted by molar-refractivity contribution is 0.0903. The average molecular weight is 420 g/mol. The Morgan fingerprint density at radius 1 is 1.13 bits per heavy atom. The van der Waals surface area contributed by atoms with Gasteiger partial charge < -0.3 is 10.1 Å². The van der Waals surface area contributed by atoms with Crippen LogP contribution in [0.3, 0.4) is 0 Å². The summed E-state index contributed by atoms with van der Waals surface area (Å²) >= 11 is 0. The fourth-order valence-electron chi connectivity index (χ4n) is 4.08. The van der Waals surface area contributed by atoms with Gasteiger partial charge in [-0.3, -0.25) is 9.69 Å². The molecule has 1 N–H and O–H groups in total. The molecule has 7 heteroatoms. The van der Waals surface area contributed by atoms with Crippen molar-refractivity contribution in [2.24, 2.45) is 0 Å². The Labute approximate surface area is 183 Å². The molecule has 1 amide bonds. The van der Waals surface area contributed by atoms with Crippen LogP contribution in [0.2, 0.25) is 0 Å². The van der Waals surface area contributed by atoms with Crippen molar-refractivity contribution in [2.45, 2.75) is 39.3 Å². The summed E-state index contributed by atoms with van der Waals surface area (Å²) in [5.41, 5.74) is 4.52. The highest BCUT2D eigenvalue weighted by atomic mass is 16.5. The summed E-state index contributed by atoms with van der Waals surface area (Å²) in [6, 6.07) is 16.3. The molecule has 1 saturated heterocycles. The van der Waals surface area contributed by atoms with Crippen LogP contribution in [0.5, 0.6) is 5.75 Å². The van der Waals surface area contributed by atoms with Gasteiger partial charge in [-0.15, -0.1) is 5.10 Å². The van der Waals surface area contributed by atoms with Gasteiger partial charge >= 0.3 is 0 Å². The molecular formula is C24H29N5O2. The van der Waals surface area contributed by atoms with E-state index < -0.39 is 0 Å². The van der Waals surface area contributed by atoms with E-state index >= 15 is 0 Å². The molecule has 2 heterocycles. The predicted octanol–water partition coefficient (Wildman–Crippen LogP) is 3.29. The third-order valence-corrected chi connectivity index (χ3v) is 5.82. The number of rotatable bonds is 6. The number of likely N-dealkylation sites (tertiary alicyclic amines) is 1. The van der Waals surface area contributed by atoms with E-state index in [1.54, 1.807) is 11.8 Å². The number of carbonyl (C=O) groups is 1. The first-order valence-corrected chi connectivity index (χ1v) is 10.7. The van der Waals surface area contributed by atoms with Gasteiger partial charge in [0.2, 0.25) is 0 Å². The molecule has 0 saturated carbocycles. The van der Waals surface area contributed by atoms with Gasteiger partial charge in [0, 0.05) is 31.7 Å². The van der Waals surface area contributed by atoms with Crippen molar-refractivity contribution in [3.8, 4) is 11.4 Å². The van der Waals surface area contributed by atoms with Crippen LogP contribution in [0.4, 0.5) is 0 Å². The van der Waals surface area contributed by atoms with E-state index in [0.717, 1.165) is 43.9 Å². The van der Waals surface area contributed by atoms with Gasteiger partial charge in [0.15, 0.2) is 5.69 Å². The fraction of sp³-hybridized carbons (Fsp3) is 0.375. The summed E-state index contributed by atoms with van der Waals surface area (Å²) in [6.07, 6.45) is 1.86. The maximum Gasteiger partial charge on any atom is 0.273 e. The highest BCUT2D eigenvalue weighted by molar-refractivity contribution is 5.93. The number of methoxy groups -OCH3 is 1. The summed E-state index contributed by atoms with van der Waals surface area (Å²) in [4.78, 5) is 15.3. The van der Waals surface area contributed by atoms with Gasteiger partial charge in [0.05, 0.1) is 18.5 Å². The lowest BCUT2D eigenvalue weighted by Gasteiger charge is -2.32. The summed E-state index contributed by atoms with van der Waals surface area (Å²) in [5.74, 6) is 0.569. The Morgan fingerprint density at radius 3 is 2.65 bits per heavy atom. The molecule has 0 atom stereocenters. The zero-order chi connectivity index (χ0) is 21.8. The molecule has 1 aromatic heterocycles. The molecule has 0 radical (unpaired) electrons. The van der Waals surface area contributed by atoms with Gasteiger partial charge in [-0.2, -0.15) is 0 Å². The first kappa shape index (κ1) is 21.1. The standard InChI is InChI=1S/C24H29N5O2/c1-17-6-4-7-19(14-17)16-28-12-10-20(11-13-28)25-24(30)23-18(2)29(27-26-23)21-8-5-9-22(15-21)31-3/h4-9,14-15,20H,10-13,16H2,1-3H3,(H,25,30). The highest BCUT2D eigenvalue weighted by Crippen LogP contribution is 2.19. The zero-order valence-electron chi connectivity index (χ0n) is 18.3. The van der Waals surface area contributed by atoms with Crippen molar-refractivity contribution in [2.75, 3.05) is 20.2 Å². The molecule has 0 bridgehead atoms. The molecule has 2 aromatic carbocycles. The fourth-order valence-corrected chi connectivity index (χ4v) is 4.08. The number of benzene rings is 2. The number of carbonyl (C=O) groups excluding carboxylic acids is 1. The largest absolute Gasteiger partial charge is 0.497 e. The van der Waals surface area contributed by atoms with E-state index in [-0.39, 0.29) is 11.9 Å². The minimum Gasteiger partial charge on any atom is -0.497 e. The topological polar surface area (TPSA) is 72.3 Å². The van der Waals surface area contributed by atoms with Gasteiger partial charge in [-0.1, -0.05) is 41.1 Å². The van der Waals surface area contributed by atoms with Crippen LogP contribution in [-0.4, -0.2) is 52.0 Å². The molecule has 0 aliphatic carbocycles. The van der Waals surface area contributed by atoms with E-state index in [0.29, 0.717) is 11.4 Å². The van der Waals surface area contributed by atoms with Crippen molar-refractivity contribution in [3.05, 3.63) is 71.0 Å². The first-order chi connectivity index (χ1) is 15.0. The summed E-state index contributed by atoms with van der Waals surface area (Å²) in [5, 5.41) is 11.5. The predicted molar refractivity (Wildman–Crippen MR) is 120 cm³/mol. The summed E-state index contributed by atoms with van der Waals surface area (Å²) in [7, 11) is 1.62. The molecule has 7 nitrogen and oxygen atoms in total. The van der Waals surface area contributed by atoms with Gasteiger partial charge in [0.25, 0.3) is 5.91 Å². The molecule has 1 aliphatic heterocycles. The Morgan fingerprint density at radius 2 is 1.90 bits per heavy atom. The number of aryl methyl sites for hydroxylation is 1. The molecule has 31 heavy (non-hydrogen) atoms. The SMILES string of the molecule is COc1cccc(-n2nnc(C(=O)NC3CCN(Cc4cccc(C)c4)CC3)c2C)c1. The number of nitrogens with zero attached hydrogens (tertiary/aromatic N) is 4. The van der Waals surface area contributed by atoms with Crippen LogP contribution in [-0.2, 0) is 6.54 Å². The number of ether oxygens (including phenoxy) is 1. The Hall–Kier alpha value is -3.19. The number of hydrogen-bond acceptors (Lipinski definition) is 5. The smallest absolute Gasteiger partial charge is 0.273 e. The lowest BCUT2D eigenvalue weighted by atomic mass is 10.0. The lowest BCUT2D eigenvalue weighted by Crippen LogP contribution is -2.44. The zero-order valence-corrected chi connectivity index (χ0v) is 18.3. The van der Waals surface area contributed by atoms with Crippen LogP contribution >= 0.6 is 0 Å². The Bertz CT molecular complexity index is 1050. The van der Waals surface area contributed by atoms with Crippen molar-refractivity contribution in [1.82, 2.24) is 25.2 Å². The van der Waals surface area contributed by atoms with E-state index in [9.17, 15) is 4.79 Å². The molecule has 3 aromatic rings. The number of amides is 1.